The Labute approximate surface area is 373 Å². The predicted molar refractivity (Wildman–Crippen MR) is 266 cm³/mol. The number of hydrogen-bond acceptors (Lipinski definition) is 3. The van der Waals surface area contributed by atoms with Gasteiger partial charge in [-0.2, -0.15) is 9.97 Å². The number of para-hydroxylation sites is 2. The molecule has 64 heavy (non-hydrogen) atoms. The summed E-state index contributed by atoms with van der Waals surface area (Å²) < 4.78 is 4.78. The zero-order valence-corrected chi connectivity index (χ0v) is 36.5. The summed E-state index contributed by atoms with van der Waals surface area (Å²) in [5.41, 5.74) is 15.1. The summed E-state index contributed by atoms with van der Waals surface area (Å²) in [6.07, 6.45) is 2.32. The zero-order chi connectivity index (χ0) is 43.2. The molecule has 0 unspecified atom stereocenters. The molecule has 0 bridgehead atoms. The Bertz CT molecular complexity index is 3480. The Morgan fingerprint density at radius 3 is 1.31 bits per heavy atom. The van der Waals surface area contributed by atoms with E-state index in [2.05, 4.69) is 213 Å². The molecule has 5 heteroatoms. The molecule has 0 atom stereocenters. The molecule has 0 fully saturated rings. The van der Waals surface area contributed by atoms with Gasteiger partial charge in [0.1, 0.15) is 0 Å². The van der Waals surface area contributed by atoms with Crippen LogP contribution in [-0.4, -0.2) is 24.1 Å². The third-order valence-corrected chi connectivity index (χ3v) is 13.9. The summed E-state index contributed by atoms with van der Waals surface area (Å²) in [7, 11) is 0. The maximum atomic E-state index is 5.43. The Balaban J connectivity index is 1.14. The summed E-state index contributed by atoms with van der Waals surface area (Å²) in [6.45, 7) is 9.62. The van der Waals surface area contributed by atoms with E-state index >= 15 is 0 Å². The van der Waals surface area contributed by atoms with Crippen molar-refractivity contribution in [2.24, 2.45) is 0 Å². The fraction of sp³-hybridized carbons (Fsp3) is 0.136. The van der Waals surface area contributed by atoms with E-state index in [1.54, 1.807) is 0 Å². The Morgan fingerprint density at radius 2 is 0.781 bits per heavy atom. The van der Waals surface area contributed by atoms with Crippen LogP contribution in [0.5, 0.6) is 0 Å². The number of aromatic nitrogens is 5. The minimum Gasteiger partial charge on any atom is -0.307 e. The van der Waals surface area contributed by atoms with Crippen LogP contribution in [0, 0.1) is 0 Å². The van der Waals surface area contributed by atoms with Gasteiger partial charge in [0.05, 0.1) is 22.1 Å². The van der Waals surface area contributed by atoms with E-state index in [4.69, 9.17) is 15.0 Å². The van der Waals surface area contributed by atoms with Crippen molar-refractivity contribution in [2.45, 2.75) is 51.4 Å². The summed E-state index contributed by atoms with van der Waals surface area (Å²) in [5, 5.41) is 4.69. The molecule has 1 aliphatic rings. The first-order valence-electron chi connectivity index (χ1n) is 22.4. The first kappa shape index (κ1) is 38.1. The second kappa shape index (κ2) is 14.5. The largest absolute Gasteiger partial charge is 0.307 e. The molecular weight excluding hydrogens is 779 g/mol. The molecule has 12 rings (SSSR count). The molecule has 0 saturated heterocycles. The van der Waals surface area contributed by atoms with Crippen LogP contribution in [0.25, 0.3) is 100 Å². The summed E-state index contributed by atoms with van der Waals surface area (Å²) in [5.74, 6) is 1.80. The van der Waals surface area contributed by atoms with E-state index in [-0.39, 0.29) is 10.8 Å². The van der Waals surface area contributed by atoms with E-state index in [1.165, 1.54) is 45.0 Å². The van der Waals surface area contributed by atoms with Gasteiger partial charge in [-0.15, -0.1) is 0 Å². The Morgan fingerprint density at radius 1 is 0.359 bits per heavy atom. The number of rotatable bonds is 6. The highest BCUT2D eigenvalue weighted by Crippen LogP contribution is 2.48. The second-order valence-electron chi connectivity index (χ2n) is 18.7. The highest BCUT2D eigenvalue weighted by Gasteiger charge is 2.37. The molecular formula is C59H47N5. The number of benzene rings is 8. The van der Waals surface area contributed by atoms with Gasteiger partial charge in [-0.3, -0.25) is 4.57 Å². The number of hydrogen-bond donors (Lipinski definition) is 0. The second-order valence-corrected chi connectivity index (χ2v) is 18.7. The lowest BCUT2D eigenvalue weighted by Gasteiger charge is -2.42. The fourth-order valence-corrected chi connectivity index (χ4v) is 10.3. The van der Waals surface area contributed by atoms with Crippen LogP contribution in [0.3, 0.4) is 0 Å². The van der Waals surface area contributed by atoms with Gasteiger partial charge < -0.3 is 4.57 Å². The maximum Gasteiger partial charge on any atom is 0.238 e. The SMILES string of the molecule is CC1(C)CCC(C)(C)c2cc(-n3c4ccccc4c4ccc5c6ccccc6n(-c6nc(-c7ccc(-c8ccccc8)cc7)nc(-c7ccc(-c8ccccc8)cc7)n6)c5c43)ccc21. The highest BCUT2D eigenvalue weighted by molar-refractivity contribution is 6.23. The average Bonchev–Trinajstić information content (AvgIpc) is 3.87. The van der Waals surface area contributed by atoms with Crippen LogP contribution in [0.15, 0.2) is 188 Å². The van der Waals surface area contributed by atoms with Crippen molar-refractivity contribution in [3.63, 3.8) is 0 Å². The van der Waals surface area contributed by atoms with Gasteiger partial charge in [0.15, 0.2) is 11.6 Å². The van der Waals surface area contributed by atoms with Crippen LogP contribution >= 0.6 is 0 Å². The van der Waals surface area contributed by atoms with Crippen molar-refractivity contribution in [1.29, 1.82) is 0 Å². The third-order valence-electron chi connectivity index (χ3n) is 13.9. The monoisotopic (exact) mass is 825 g/mol. The van der Waals surface area contributed by atoms with Gasteiger partial charge in [-0.1, -0.05) is 191 Å². The van der Waals surface area contributed by atoms with Crippen LogP contribution in [0.4, 0.5) is 0 Å². The number of fused-ring (bicyclic) bond motifs is 8. The molecule has 0 N–H and O–H groups in total. The summed E-state index contributed by atoms with van der Waals surface area (Å²) in [6, 6.07) is 67.4. The average molecular weight is 826 g/mol. The molecule has 0 amide bonds. The highest BCUT2D eigenvalue weighted by atomic mass is 15.2. The molecule has 8 aromatic carbocycles. The summed E-state index contributed by atoms with van der Waals surface area (Å²) >= 11 is 0. The minimum atomic E-state index is 0.0557. The fourth-order valence-electron chi connectivity index (χ4n) is 10.3. The van der Waals surface area contributed by atoms with Crippen molar-refractivity contribution in [3.8, 4) is 56.7 Å². The molecule has 1 aliphatic carbocycles. The smallest absolute Gasteiger partial charge is 0.238 e. The molecule has 11 aromatic rings. The molecule has 5 nitrogen and oxygen atoms in total. The van der Waals surface area contributed by atoms with Gasteiger partial charge in [-0.25, -0.2) is 4.98 Å². The maximum absolute atomic E-state index is 5.43. The molecule has 308 valence electrons. The summed E-state index contributed by atoms with van der Waals surface area (Å²) in [4.78, 5) is 16.1. The van der Waals surface area contributed by atoms with Crippen molar-refractivity contribution >= 4 is 43.6 Å². The van der Waals surface area contributed by atoms with Crippen LogP contribution < -0.4 is 0 Å². The normalized spacial score (nSPS) is 14.4. The Kier molecular flexibility index (Phi) is 8.61. The minimum absolute atomic E-state index is 0.0557. The van der Waals surface area contributed by atoms with E-state index < -0.39 is 0 Å². The lowest BCUT2D eigenvalue weighted by molar-refractivity contribution is 0.332. The van der Waals surface area contributed by atoms with Crippen molar-refractivity contribution in [3.05, 3.63) is 199 Å². The first-order chi connectivity index (χ1) is 31.2. The van der Waals surface area contributed by atoms with Crippen LogP contribution in [0.2, 0.25) is 0 Å². The van der Waals surface area contributed by atoms with Gasteiger partial charge in [0.2, 0.25) is 5.95 Å². The van der Waals surface area contributed by atoms with Gasteiger partial charge in [0, 0.05) is 38.4 Å². The van der Waals surface area contributed by atoms with Crippen molar-refractivity contribution in [1.82, 2.24) is 24.1 Å². The van der Waals surface area contributed by atoms with E-state index in [9.17, 15) is 0 Å². The van der Waals surface area contributed by atoms with Crippen molar-refractivity contribution in [2.75, 3.05) is 0 Å². The quantitative estimate of drug-likeness (QED) is 0.168. The van der Waals surface area contributed by atoms with Gasteiger partial charge >= 0.3 is 0 Å². The van der Waals surface area contributed by atoms with E-state index in [0.717, 1.165) is 61.7 Å². The topological polar surface area (TPSA) is 48.5 Å². The van der Waals surface area contributed by atoms with E-state index in [0.29, 0.717) is 17.6 Å². The van der Waals surface area contributed by atoms with E-state index in [1.807, 2.05) is 12.1 Å². The van der Waals surface area contributed by atoms with Crippen LogP contribution in [-0.2, 0) is 10.8 Å². The molecule has 0 aliphatic heterocycles. The Hall–Kier alpha value is -7.63. The number of nitrogens with zero attached hydrogens (tertiary/aromatic N) is 5. The van der Waals surface area contributed by atoms with Gasteiger partial charge in [-0.05, 0) is 81.3 Å². The molecule has 0 radical (unpaired) electrons. The lowest BCUT2D eigenvalue weighted by Crippen LogP contribution is -2.33. The zero-order valence-electron chi connectivity index (χ0n) is 36.5. The first-order valence-corrected chi connectivity index (χ1v) is 22.4. The predicted octanol–water partition coefficient (Wildman–Crippen LogP) is 15.1. The van der Waals surface area contributed by atoms with Crippen molar-refractivity contribution < 1.29 is 0 Å². The standard InChI is InChI=1S/C59H47N5/c1-58(2)35-36-59(3,4)50-37-44(31-34-49(50)58)63-51-21-13-11-19-45(51)47-32-33-48-46-20-12-14-22-52(46)64(54(48)53(47)63)57-61-55(42-27-23-40(24-28-42)38-15-7-5-8-16-38)60-56(62-57)43-29-25-41(26-30-43)39-17-9-6-10-18-39/h5-34,37H,35-36H2,1-4H3. The molecule has 3 aromatic heterocycles. The van der Waals surface area contributed by atoms with Gasteiger partial charge in [0.25, 0.3) is 0 Å². The van der Waals surface area contributed by atoms with Crippen LogP contribution in [0.1, 0.15) is 51.7 Å². The molecule has 3 heterocycles. The third kappa shape index (κ3) is 6.10. The molecule has 0 saturated carbocycles. The lowest BCUT2D eigenvalue weighted by atomic mass is 9.63. The molecule has 0 spiro atoms.